The number of amides is 3. The molecular weight excluding hydrogens is 316 g/mol. The van der Waals surface area contributed by atoms with E-state index in [1.54, 1.807) is 24.3 Å². The van der Waals surface area contributed by atoms with Gasteiger partial charge in [0, 0.05) is 35.8 Å². The van der Waals surface area contributed by atoms with Gasteiger partial charge in [0.1, 0.15) is 0 Å². The van der Waals surface area contributed by atoms with Gasteiger partial charge in [0.2, 0.25) is 11.8 Å². The Morgan fingerprint density at radius 2 is 1.91 bits per heavy atom. The molecule has 124 valence electrons. The Kier molecular flexibility index (Phi) is 6.42. The lowest BCUT2D eigenvalue weighted by Gasteiger charge is -2.26. The number of carbonyl (C=O) groups is 3. The number of thioether (sulfide) groups is 1. The molecule has 1 aromatic rings. The molecule has 0 aromatic heterocycles. The molecular formula is C15H20N4O3S. The number of anilines is 1. The van der Waals surface area contributed by atoms with Gasteiger partial charge in [-0.15, -0.1) is 0 Å². The third-order valence-electron chi connectivity index (χ3n) is 3.32. The summed E-state index contributed by atoms with van der Waals surface area (Å²) in [7, 11) is 0. The number of hydrogen-bond donors (Lipinski definition) is 3. The molecule has 0 aliphatic carbocycles. The summed E-state index contributed by atoms with van der Waals surface area (Å²) in [5.41, 5.74) is 6.21. The van der Waals surface area contributed by atoms with Crippen molar-refractivity contribution in [3.63, 3.8) is 0 Å². The van der Waals surface area contributed by atoms with Gasteiger partial charge in [-0.2, -0.15) is 11.8 Å². The first-order chi connectivity index (χ1) is 11.1. The zero-order valence-corrected chi connectivity index (χ0v) is 13.5. The Morgan fingerprint density at radius 1 is 1.17 bits per heavy atom. The zero-order chi connectivity index (χ0) is 16.7. The minimum Gasteiger partial charge on any atom is -0.346 e. The summed E-state index contributed by atoms with van der Waals surface area (Å²) in [5, 5.41) is 5.04. The lowest BCUT2D eigenvalue weighted by molar-refractivity contribution is -0.123. The molecule has 8 heteroatoms. The van der Waals surface area contributed by atoms with E-state index in [1.165, 1.54) is 0 Å². The van der Waals surface area contributed by atoms with Crippen LogP contribution < -0.4 is 16.4 Å². The van der Waals surface area contributed by atoms with Crippen LogP contribution in [0.5, 0.6) is 0 Å². The van der Waals surface area contributed by atoms with Crippen molar-refractivity contribution in [1.82, 2.24) is 10.2 Å². The summed E-state index contributed by atoms with van der Waals surface area (Å²) in [5.74, 6) is 1.10. The van der Waals surface area contributed by atoms with Gasteiger partial charge in [0.05, 0.1) is 13.1 Å². The van der Waals surface area contributed by atoms with Crippen LogP contribution in [0, 0.1) is 0 Å². The maximum atomic E-state index is 12.4. The highest BCUT2D eigenvalue weighted by Crippen LogP contribution is 2.16. The molecule has 2 rings (SSSR count). The lowest BCUT2D eigenvalue weighted by Crippen LogP contribution is -2.38. The predicted molar refractivity (Wildman–Crippen MR) is 90.4 cm³/mol. The second-order valence-electron chi connectivity index (χ2n) is 5.01. The standard InChI is InChI=1S/C15H20N4O3S/c16-9-13(20)17-10-14(21)18-12-3-1-2-11(8-12)15(22)19-4-6-23-7-5-19/h1-3,8H,4-7,9-10,16H2,(H,17,20)(H,18,21). The van der Waals surface area contributed by atoms with Crippen molar-refractivity contribution in [1.29, 1.82) is 0 Å². The average molecular weight is 336 g/mol. The van der Waals surface area contributed by atoms with Crippen molar-refractivity contribution in [2.75, 3.05) is 43.0 Å². The van der Waals surface area contributed by atoms with Crippen LogP contribution in [0.4, 0.5) is 5.69 Å². The molecule has 1 aromatic carbocycles. The van der Waals surface area contributed by atoms with Crippen molar-refractivity contribution in [3.05, 3.63) is 29.8 Å². The van der Waals surface area contributed by atoms with E-state index in [-0.39, 0.29) is 24.9 Å². The molecule has 23 heavy (non-hydrogen) atoms. The van der Waals surface area contributed by atoms with Crippen molar-refractivity contribution in [2.45, 2.75) is 0 Å². The molecule has 4 N–H and O–H groups in total. The fourth-order valence-electron chi connectivity index (χ4n) is 2.14. The molecule has 7 nitrogen and oxygen atoms in total. The summed E-state index contributed by atoms with van der Waals surface area (Å²) in [6.45, 7) is 1.17. The maximum Gasteiger partial charge on any atom is 0.253 e. The number of nitrogens with two attached hydrogens (primary N) is 1. The van der Waals surface area contributed by atoms with E-state index in [0.29, 0.717) is 11.3 Å². The summed E-state index contributed by atoms with van der Waals surface area (Å²) < 4.78 is 0. The number of rotatable bonds is 5. The molecule has 1 saturated heterocycles. The van der Waals surface area contributed by atoms with Crippen LogP contribution >= 0.6 is 11.8 Å². The van der Waals surface area contributed by atoms with Crippen molar-refractivity contribution < 1.29 is 14.4 Å². The van der Waals surface area contributed by atoms with E-state index < -0.39 is 5.91 Å². The summed E-state index contributed by atoms with van der Waals surface area (Å²) in [6, 6.07) is 6.80. The quantitative estimate of drug-likeness (QED) is 0.696. The van der Waals surface area contributed by atoms with Crippen LogP contribution in [0.15, 0.2) is 24.3 Å². The number of nitrogens with zero attached hydrogens (tertiary/aromatic N) is 1. The normalized spacial score (nSPS) is 14.2. The molecule has 1 heterocycles. The number of benzene rings is 1. The average Bonchev–Trinajstić information content (AvgIpc) is 2.60. The minimum absolute atomic E-state index is 0.0298. The number of hydrogen-bond acceptors (Lipinski definition) is 5. The van der Waals surface area contributed by atoms with Crippen LogP contribution in [0.2, 0.25) is 0 Å². The molecule has 0 radical (unpaired) electrons. The Bertz CT molecular complexity index is 588. The van der Waals surface area contributed by atoms with Crippen LogP contribution in [0.25, 0.3) is 0 Å². The van der Waals surface area contributed by atoms with Gasteiger partial charge in [-0.1, -0.05) is 6.07 Å². The first kappa shape index (κ1) is 17.3. The van der Waals surface area contributed by atoms with Gasteiger partial charge < -0.3 is 21.3 Å². The lowest BCUT2D eigenvalue weighted by atomic mass is 10.1. The van der Waals surface area contributed by atoms with Crippen molar-refractivity contribution in [2.24, 2.45) is 5.73 Å². The summed E-state index contributed by atoms with van der Waals surface area (Å²) >= 11 is 1.84. The Balaban J connectivity index is 1.95. The highest BCUT2D eigenvalue weighted by Gasteiger charge is 2.18. The van der Waals surface area contributed by atoms with E-state index in [0.717, 1.165) is 24.6 Å². The van der Waals surface area contributed by atoms with Gasteiger partial charge in [-0.05, 0) is 18.2 Å². The van der Waals surface area contributed by atoms with Crippen molar-refractivity contribution in [3.8, 4) is 0 Å². The van der Waals surface area contributed by atoms with Crippen LogP contribution in [0.1, 0.15) is 10.4 Å². The molecule has 1 aliphatic rings. The Hall–Kier alpha value is -2.06. The van der Waals surface area contributed by atoms with E-state index in [2.05, 4.69) is 10.6 Å². The molecule has 1 aliphatic heterocycles. The van der Waals surface area contributed by atoms with Gasteiger partial charge in [-0.3, -0.25) is 14.4 Å². The topological polar surface area (TPSA) is 105 Å². The third kappa shape index (κ3) is 5.26. The molecule has 0 atom stereocenters. The molecule has 3 amide bonds. The molecule has 0 bridgehead atoms. The van der Waals surface area contributed by atoms with Crippen LogP contribution in [-0.4, -0.2) is 60.3 Å². The first-order valence-electron chi connectivity index (χ1n) is 7.34. The molecule has 0 spiro atoms. The number of nitrogens with one attached hydrogen (secondary N) is 2. The smallest absolute Gasteiger partial charge is 0.253 e. The molecule has 1 fully saturated rings. The summed E-state index contributed by atoms with van der Waals surface area (Å²) in [4.78, 5) is 37.0. The predicted octanol–water partition coefficient (Wildman–Crippen LogP) is -0.111. The SMILES string of the molecule is NCC(=O)NCC(=O)Nc1cccc(C(=O)N2CCSCC2)c1. The van der Waals surface area contributed by atoms with E-state index >= 15 is 0 Å². The Morgan fingerprint density at radius 3 is 2.61 bits per heavy atom. The number of carbonyl (C=O) groups excluding carboxylic acids is 3. The maximum absolute atomic E-state index is 12.4. The van der Waals surface area contributed by atoms with E-state index in [4.69, 9.17) is 5.73 Å². The van der Waals surface area contributed by atoms with Gasteiger partial charge in [-0.25, -0.2) is 0 Å². The minimum atomic E-state index is -0.396. The van der Waals surface area contributed by atoms with Crippen molar-refractivity contribution >= 4 is 35.2 Å². The largest absolute Gasteiger partial charge is 0.346 e. The second-order valence-corrected chi connectivity index (χ2v) is 6.24. The monoisotopic (exact) mass is 336 g/mol. The van der Waals surface area contributed by atoms with Gasteiger partial charge in [0.25, 0.3) is 5.91 Å². The third-order valence-corrected chi connectivity index (χ3v) is 4.27. The van der Waals surface area contributed by atoms with Crippen LogP contribution in [0.3, 0.4) is 0 Å². The Labute approximate surface area is 139 Å². The van der Waals surface area contributed by atoms with E-state index in [9.17, 15) is 14.4 Å². The molecule has 0 saturated carbocycles. The highest BCUT2D eigenvalue weighted by molar-refractivity contribution is 7.99. The van der Waals surface area contributed by atoms with Gasteiger partial charge in [0.15, 0.2) is 0 Å². The zero-order valence-electron chi connectivity index (χ0n) is 12.7. The fourth-order valence-corrected chi connectivity index (χ4v) is 3.04. The second kappa shape index (κ2) is 8.54. The van der Waals surface area contributed by atoms with Crippen LogP contribution in [-0.2, 0) is 9.59 Å². The summed E-state index contributed by atoms with van der Waals surface area (Å²) in [6.07, 6.45) is 0. The van der Waals surface area contributed by atoms with Gasteiger partial charge >= 0.3 is 0 Å². The van der Waals surface area contributed by atoms with E-state index in [1.807, 2.05) is 16.7 Å². The highest BCUT2D eigenvalue weighted by atomic mass is 32.2. The fraction of sp³-hybridized carbons (Fsp3) is 0.400. The molecule has 0 unspecified atom stereocenters. The first-order valence-corrected chi connectivity index (χ1v) is 8.49.